The van der Waals surface area contributed by atoms with Gasteiger partial charge in [-0.05, 0) is 123 Å². The van der Waals surface area contributed by atoms with Crippen molar-refractivity contribution in [1.82, 2.24) is 0 Å². The number of hydrogen-bond acceptors (Lipinski definition) is 2. The summed E-state index contributed by atoms with van der Waals surface area (Å²) in [6.45, 7) is 0. The lowest BCUT2D eigenvalue weighted by molar-refractivity contribution is 0.768. The quantitative estimate of drug-likeness (QED) is 0.147. The average Bonchev–Trinajstić information content (AvgIpc) is 3.75. The van der Waals surface area contributed by atoms with Gasteiger partial charge in [0, 0.05) is 26.9 Å². The molecule has 0 fully saturated rings. The van der Waals surface area contributed by atoms with Gasteiger partial charge in [0.1, 0.15) is 0 Å². The van der Waals surface area contributed by atoms with Crippen LogP contribution in [0.4, 0.5) is 17.1 Å². The Labute approximate surface area is 422 Å². The topological polar surface area (TPSA) is 3.24 Å². The van der Waals surface area contributed by atoms with Crippen LogP contribution in [0.1, 0.15) is 22.3 Å². The zero-order chi connectivity index (χ0) is 47.0. The van der Waals surface area contributed by atoms with E-state index in [4.69, 9.17) is 0 Å². The Morgan fingerprint density at radius 1 is 0.282 bits per heavy atom. The molecule has 0 amide bonds. The molecule has 0 N–H and O–H groups in total. The van der Waals surface area contributed by atoms with Gasteiger partial charge in [-0.2, -0.15) is 0 Å². The molecule has 0 unspecified atom stereocenters. The molecule has 1 aliphatic carbocycles. The molecular formula is C67H47NSSi2. The van der Waals surface area contributed by atoms with Crippen LogP contribution in [0.25, 0.3) is 11.1 Å². The molecule has 2 heterocycles. The molecule has 0 radical (unpaired) electrons. The van der Waals surface area contributed by atoms with Gasteiger partial charge in [-0.15, -0.1) is 0 Å². The van der Waals surface area contributed by atoms with Crippen LogP contribution in [0.3, 0.4) is 0 Å². The van der Waals surface area contributed by atoms with E-state index < -0.39 is 21.6 Å². The van der Waals surface area contributed by atoms with Crippen molar-refractivity contribution < 1.29 is 0 Å². The van der Waals surface area contributed by atoms with Crippen molar-refractivity contribution in [2.75, 3.05) is 4.90 Å². The first-order valence-corrected chi connectivity index (χ1v) is 29.5. The fourth-order valence-corrected chi connectivity index (χ4v) is 27.4. The Balaban J connectivity index is 1.10. The van der Waals surface area contributed by atoms with Gasteiger partial charge in [-0.1, -0.05) is 248 Å². The second kappa shape index (κ2) is 16.6. The molecule has 3 aliphatic rings. The van der Waals surface area contributed by atoms with Crippen LogP contribution in [0, 0.1) is 0 Å². The number of anilines is 3. The van der Waals surface area contributed by atoms with Crippen LogP contribution in [-0.4, -0.2) is 16.1 Å². The van der Waals surface area contributed by atoms with Crippen molar-refractivity contribution in [2.45, 2.75) is 15.2 Å². The summed E-state index contributed by atoms with van der Waals surface area (Å²) in [6, 6.07) is 109. The van der Waals surface area contributed by atoms with Crippen LogP contribution in [-0.2, 0) is 5.41 Å². The van der Waals surface area contributed by atoms with Crippen molar-refractivity contribution in [1.29, 1.82) is 0 Å². The Hall–Kier alpha value is -8.00. The lowest BCUT2D eigenvalue weighted by Crippen LogP contribution is -2.93. The van der Waals surface area contributed by atoms with E-state index in [9.17, 15) is 0 Å². The monoisotopic (exact) mass is 953 g/mol. The summed E-state index contributed by atoms with van der Waals surface area (Å²) in [4.78, 5) is 5.26. The molecule has 0 saturated heterocycles. The van der Waals surface area contributed by atoms with Crippen LogP contribution in [0.15, 0.2) is 295 Å². The standard InChI is InChI=1S/C67H47NSSi2/c1-6-24-48(25-7-1)67(49-26-8-2-9-27-49)57-35-17-16-34-55(57)56-44-42-51(46-58(56)67)68(50-28-10-3-11-29-50)52-43-45-65-66(47-52)70(53-30-12-4-13-31-53,54-32-14-5-15-33-54)63-40-22-23-41-64(63)71(65)61-38-20-18-36-59(61)69-60-37-19-21-39-62(60)71/h1-47H. The molecule has 11 aromatic rings. The van der Waals surface area contributed by atoms with Crippen LogP contribution in [0.2, 0.25) is 0 Å². The van der Waals surface area contributed by atoms with Gasteiger partial charge in [0.2, 0.25) is 0 Å². The third-order valence-corrected chi connectivity index (χ3v) is 27.6. The molecule has 0 bridgehead atoms. The van der Waals surface area contributed by atoms with E-state index in [1.54, 1.807) is 0 Å². The minimum atomic E-state index is -3.08. The maximum atomic E-state index is 2.65. The van der Waals surface area contributed by atoms with Crippen LogP contribution in [0.5, 0.6) is 0 Å². The molecule has 0 saturated carbocycles. The van der Waals surface area contributed by atoms with E-state index in [1.807, 2.05) is 11.8 Å². The van der Waals surface area contributed by atoms with E-state index in [2.05, 4.69) is 290 Å². The largest absolute Gasteiger partial charge is 0.310 e. The van der Waals surface area contributed by atoms with Gasteiger partial charge in [-0.25, -0.2) is 0 Å². The summed E-state index contributed by atoms with van der Waals surface area (Å²) in [5, 5.41) is 11.7. The molecule has 1 nitrogen and oxygen atoms in total. The van der Waals surface area contributed by atoms with Crippen molar-refractivity contribution in [2.24, 2.45) is 0 Å². The number of fused-ring (bicyclic) bond motifs is 11. The van der Waals surface area contributed by atoms with Gasteiger partial charge in [0.25, 0.3) is 0 Å². The van der Waals surface area contributed by atoms with E-state index in [0.29, 0.717) is 0 Å². The molecule has 4 heteroatoms. The highest BCUT2D eigenvalue weighted by atomic mass is 32.2. The minimum absolute atomic E-state index is 0.535. The first kappa shape index (κ1) is 41.9. The zero-order valence-electron chi connectivity index (χ0n) is 39.0. The first-order chi connectivity index (χ1) is 35.2. The third-order valence-electron chi connectivity index (χ3n) is 15.7. The number of rotatable bonds is 7. The van der Waals surface area contributed by atoms with E-state index in [-0.39, 0.29) is 0 Å². The Kier molecular flexibility index (Phi) is 9.79. The lowest BCUT2D eigenvalue weighted by atomic mass is 9.67. The smallest absolute Gasteiger partial charge is 0.181 e. The van der Waals surface area contributed by atoms with Crippen molar-refractivity contribution in [3.63, 3.8) is 0 Å². The lowest BCUT2D eigenvalue weighted by Gasteiger charge is -2.50. The zero-order valence-corrected chi connectivity index (χ0v) is 41.8. The maximum absolute atomic E-state index is 3.08. The average molecular weight is 954 g/mol. The fraction of sp³-hybridized carbons (Fsp3) is 0.0149. The van der Waals surface area contributed by atoms with Gasteiger partial charge >= 0.3 is 0 Å². The van der Waals surface area contributed by atoms with Crippen molar-refractivity contribution in [3.05, 3.63) is 307 Å². The summed E-state index contributed by atoms with van der Waals surface area (Å²) in [5.41, 5.74) is 10.5. The second-order valence-electron chi connectivity index (χ2n) is 19.0. The number of nitrogens with zero attached hydrogens (tertiary/aromatic N) is 1. The molecule has 2 aliphatic heterocycles. The van der Waals surface area contributed by atoms with Crippen molar-refractivity contribution >= 4 is 86.5 Å². The molecule has 0 aromatic heterocycles. The fourth-order valence-electron chi connectivity index (χ4n) is 13.1. The maximum Gasteiger partial charge on any atom is 0.181 e. The minimum Gasteiger partial charge on any atom is -0.310 e. The van der Waals surface area contributed by atoms with Gasteiger partial charge in [0.05, 0.1) is 5.41 Å². The molecule has 14 rings (SSSR count). The molecule has 1 spiro atoms. The van der Waals surface area contributed by atoms with Gasteiger partial charge in [0.15, 0.2) is 16.1 Å². The van der Waals surface area contributed by atoms with E-state index in [1.165, 1.54) is 84.7 Å². The third kappa shape index (κ3) is 5.93. The molecular weight excluding hydrogens is 907 g/mol. The summed E-state index contributed by atoms with van der Waals surface area (Å²) < 4.78 is 0. The van der Waals surface area contributed by atoms with Gasteiger partial charge in [-0.3, -0.25) is 0 Å². The highest BCUT2D eigenvalue weighted by Gasteiger charge is 2.58. The van der Waals surface area contributed by atoms with Crippen LogP contribution >= 0.6 is 11.8 Å². The summed E-state index contributed by atoms with van der Waals surface area (Å²) in [6.07, 6.45) is 0. The summed E-state index contributed by atoms with van der Waals surface area (Å²) >= 11 is 1.93. The number of hydrogen-bond donors (Lipinski definition) is 0. The van der Waals surface area contributed by atoms with E-state index >= 15 is 0 Å². The Morgan fingerprint density at radius 2 is 0.704 bits per heavy atom. The predicted octanol–water partition coefficient (Wildman–Crippen LogP) is 11.1. The number of benzene rings is 11. The molecule has 0 atom stereocenters. The summed E-state index contributed by atoms with van der Waals surface area (Å²) in [5.74, 6) is 0. The molecule has 71 heavy (non-hydrogen) atoms. The van der Waals surface area contributed by atoms with Crippen molar-refractivity contribution in [3.8, 4) is 11.1 Å². The first-order valence-electron chi connectivity index (χ1n) is 24.7. The number of para-hydroxylation sites is 1. The van der Waals surface area contributed by atoms with E-state index in [0.717, 1.165) is 17.1 Å². The molecule has 334 valence electrons. The Bertz CT molecular complexity index is 3680. The Morgan fingerprint density at radius 3 is 1.30 bits per heavy atom. The van der Waals surface area contributed by atoms with Gasteiger partial charge < -0.3 is 4.90 Å². The normalized spacial score (nSPS) is 14.8. The molecule has 11 aromatic carbocycles. The summed E-state index contributed by atoms with van der Waals surface area (Å²) in [7, 11) is -6.05. The highest BCUT2D eigenvalue weighted by molar-refractivity contribution is 8.00. The SMILES string of the molecule is c1ccc(N(c2ccc3c(c2)C(c2ccccc2)(c2ccccc2)c2ccccc2-3)c2ccc3c(c2)[Si](c2ccccc2)(c2ccccc2)c2ccccc2[Si]32c3ccccc3Sc3ccccc32)cc1. The highest BCUT2D eigenvalue weighted by Crippen LogP contribution is 2.57. The second-order valence-corrected chi connectivity index (χ2v) is 27.5. The van der Waals surface area contributed by atoms with Crippen LogP contribution < -0.4 is 46.4 Å². The predicted molar refractivity (Wildman–Crippen MR) is 303 cm³/mol.